The maximum atomic E-state index is 12.8. The second kappa shape index (κ2) is 14.2. The lowest BCUT2D eigenvalue weighted by Gasteiger charge is -2.43. The summed E-state index contributed by atoms with van der Waals surface area (Å²) in [6.07, 6.45) is 11.4. The Bertz CT molecular complexity index is 1760. The molecular weight excluding hydrogens is 610 g/mol. The van der Waals surface area contributed by atoms with Crippen LogP contribution >= 0.6 is 0 Å². The maximum Gasteiger partial charge on any atom is 0.246 e. The number of anilines is 2. The van der Waals surface area contributed by atoms with E-state index in [1.807, 2.05) is 6.20 Å². The molecule has 3 aromatic rings. The van der Waals surface area contributed by atoms with Crippen LogP contribution in [0.4, 0.5) is 11.5 Å². The molecule has 4 aliphatic rings. The van der Waals surface area contributed by atoms with Crippen LogP contribution in [0.2, 0.25) is 0 Å². The van der Waals surface area contributed by atoms with Crippen LogP contribution in [-0.4, -0.2) is 84.1 Å². The molecular formula is C40H49N7O2. The van der Waals surface area contributed by atoms with Crippen molar-refractivity contribution in [1.29, 1.82) is 5.26 Å². The number of piperazine rings is 1. The van der Waals surface area contributed by atoms with Gasteiger partial charge in [0.15, 0.2) is 0 Å². The van der Waals surface area contributed by atoms with E-state index in [0.717, 1.165) is 73.5 Å². The molecule has 3 aliphatic heterocycles. The van der Waals surface area contributed by atoms with Crippen LogP contribution in [0.1, 0.15) is 65.6 Å². The van der Waals surface area contributed by atoms with Crippen molar-refractivity contribution < 1.29 is 9.53 Å². The second-order valence-electron chi connectivity index (χ2n) is 14.2. The van der Waals surface area contributed by atoms with Gasteiger partial charge in [-0.1, -0.05) is 18.7 Å². The van der Waals surface area contributed by atoms with Gasteiger partial charge in [-0.15, -0.1) is 0 Å². The van der Waals surface area contributed by atoms with Gasteiger partial charge in [0.05, 0.1) is 24.1 Å². The number of likely N-dealkylation sites (N-methyl/N-ethyl adjacent to an activating group) is 1. The highest BCUT2D eigenvalue weighted by molar-refractivity contribution is 5.87. The third-order valence-electron chi connectivity index (χ3n) is 11.3. The van der Waals surface area contributed by atoms with Crippen LogP contribution in [0.25, 0.3) is 11.1 Å². The molecule has 9 heteroatoms. The van der Waals surface area contributed by atoms with Crippen LogP contribution in [0.3, 0.4) is 0 Å². The summed E-state index contributed by atoms with van der Waals surface area (Å²) in [6.45, 7) is 13.0. The van der Waals surface area contributed by atoms with E-state index in [1.165, 1.54) is 53.3 Å². The van der Waals surface area contributed by atoms with Crippen molar-refractivity contribution in [3.8, 4) is 23.1 Å². The summed E-state index contributed by atoms with van der Waals surface area (Å²) in [7, 11) is 2.18. The Kier molecular flexibility index (Phi) is 9.59. The zero-order valence-electron chi connectivity index (χ0n) is 29.4. The Hall–Kier alpha value is -4.42. The minimum absolute atomic E-state index is 0.126. The van der Waals surface area contributed by atoms with Gasteiger partial charge in [0.1, 0.15) is 12.4 Å². The third kappa shape index (κ3) is 6.39. The van der Waals surface area contributed by atoms with Gasteiger partial charge in [-0.25, -0.2) is 0 Å². The molecule has 1 amide bonds. The molecule has 2 fully saturated rings. The number of carbonyl (C=O) groups is 1. The monoisotopic (exact) mass is 659 g/mol. The number of fused-ring (bicyclic) bond motifs is 2. The van der Waals surface area contributed by atoms with E-state index in [9.17, 15) is 10.1 Å². The van der Waals surface area contributed by atoms with E-state index in [2.05, 4.69) is 72.5 Å². The fraction of sp³-hybridized carbons (Fsp3) is 0.500. The topological polar surface area (TPSA) is 88.8 Å². The minimum Gasteiger partial charge on any atom is -0.475 e. The highest BCUT2D eigenvalue weighted by Gasteiger charge is 2.36. The average Bonchev–Trinajstić information content (AvgIpc) is 3.54. The first-order valence-corrected chi connectivity index (χ1v) is 18.1. The van der Waals surface area contributed by atoms with Gasteiger partial charge in [0.2, 0.25) is 11.8 Å². The highest BCUT2D eigenvalue weighted by atomic mass is 16.5. The lowest BCUT2D eigenvalue weighted by molar-refractivity contribution is -0.128. The number of rotatable bonds is 8. The van der Waals surface area contributed by atoms with Crippen LogP contribution in [-0.2, 0) is 30.6 Å². The van der Waals surface area contributed by atoms with Gasteiger partial charge in [0, 0.05) is 67.5 Å². The lowest BCUT2D eigenvalue weighted by Crippen LogP contribution is -2.55. The fourth-order valence-electron chi connectivity index (χ4n) is 8.65. The van der Waals surface area contributed by atoms with E-state index < -0.39 is 0 Å². The number of ether oxygens (including phenoxy) is 1. The van der Waals surface area contributed by atoms with Crippen LogP contribution in [0.15, 0.2) is 43.1 Å². The molecule has 0 bridgehead atoms. The highest BCUT2D eigenvalue weighted by Crippen LogP contribution is 2.45. The third-order valence-corrected chi connectivity index (χ3v) is 11.3. The van der Waals surface area contributed by atoms with Gasteiger partial charge in [-0.05, 0) is 113 Å². The summed E-state index contributed by atoms with van der Waals surface area (Å²) in [5.41, 5.74) is 11.1. The van der Waals surface area contributed by atoms with E-state index in [0.29, 0.717) is 38.2 Å². The van der Waals surface area contributed by atoms with Gasteiger partial charge in [-0.2, -0.15) is 10.2 Å². The Labute approximate surface area is 291 Å². The van der Waals surface area contributed by atoms with Crippen LogP contribution in [0, 0.1) is 25.2 Å². The molecule has 0 radical (unpaired) electrons. The first-order valence-electron chi connectivity index (χ1n) is 18.1. The van der Waals surface area contributed by atoms with Gasteiger partial charge in [-0.3, -0.25) is 9.78 Å². The van der Waals surface area contributed by atoms with Crippen molar-refractivity contribution in [3.63, 3.8) is 0 Å². The standard InChI is InChI=1S/C40H49N7O2/c1-5-36(48)47-23-22-46(24-30(47)15-18-41)39-33-17-21-45(35-14-8-11-29-10-6-7-13-32(29)35)25-34(33)38(37-27(2)16-19-42-28(37)3)40(43-39)49-26-31-12-9-20-44(31)4/h5,8,11,14,16,19,30-31H,1,6-7,9-10,12-13,15,17,20-26H2,2-4H3/t30-,31-/m0/s1. The number of aromatic nitrogens is 2. The quantitative estimate of drug-likeness (QED) is 0.281. The van der Waals surface area contributed by atoms with Crippen molar-refractivity contribution >= 4 is 17.4 Å². The van der Waals surface area contributed by atoms with Crippen molar-refractivity contribution in [1.82, 2.24) is 19.8 Å². The number of pyridine rings is 2. The van der Waals surface area contributed by atoms with Crippen molar-refractivity contribution in [2.45, 2.75) is 83.8 Å². The molecule has 0 saturated carbocycles. The smallest absolute Gasteiger partial charge is 0.246 e. The predicted molar refractivity (Wildman–Crippen MR) is 194 cm³/mol. The van der Waals surface area contributed by atoms with Crippen LogP contribution < -0.4 is 14.5 Å². The largest absolute Gasteiger partial charge is 0.475 e. The molecule has 1 aliphatic carbocycles. The van der Waals surface area contributed by atoms with E-state index in [-0.39, 0.29) is 18.4 Å². The summed E-state index contributed by atoms with van der Waals surface area (Å²) in [4.78, 5) is 32.1. The molecule has 2 aromatic heterocycles. The number of aryl methyl sites for hydroxylation is 3. The summed E-state index contributed by atoms with van der Waals surface area (Å²) >= 11 is 0. The van der Waals surface area contributed by atoms with E-state index >= 15 is 0 Å². The molecule has 2 atom stereocenters. The molecule has 0 unspecified atom stereocenters. The first kappa shape index (κ1) is 33.1. The zero-order chi connectivity index (χ0) is 34.1. The lowest BCUT2D eigenvalue weighted by atomic mass is 9.87. The number of likely N-dealkylation sites (tertiary alicyclic amines) is 1. The van der Waals surface area contributed by atoms with Gasteiger partial charge < -0.3 is 24.3 Å². The molecule has 7 rings (SSSR count). The summed E-state index contributed by atoms with van der Waals surface area (Å²) in [6, 6.07) is 11.4. The molecule has 1 aromatic carbocycles. The normalized spacial score (nSPS) is 20.8. The van der Waals surface area contributed by atoms with E-state index in [1.54, 1.807) is 4.90 Å². The maximum absolute atomic E-state index is 12.8. The SMILES string of the molecule is C=CC(=O)N1CCN(c2nc(OC[C@@H]3CCCN3C)c(-c3c(C)ccnc3C)c3c2CCN(c2cccc4c2CCCC4)C3)C[C@@H]1CC#N. The number of carbonyl (C=O) groups excluding carboxylic acids is 1. The summed E-state index contributed by atoms with van der Waals surface area (Å²) < 4.78 is 6.88. The molecule has 49 heavy (non-hydrogen) atoms. The zero-order valence-corrected chi connectivity index (χ0v) is 29.4. The molecule has 256 valence electrons. The molecule has 2 saturated heterocycles. The van der Waals surface area contributed by atoms with Crippen molar-refractivity contribution in [2.24, 2.45) is 0 Å². The summed E-state index contributed by atoms with van der Waals surface area (Å²) in [5, 5.41) is 9.73. The average molecular weight is 660 g/mol. The first-order chi connectivity index (χ1) is 23.9. The number of nitriles is 1. The van der Waals surface area contributed by atoms with Gasteiger partial charge >= 0.3 is 0 Å². The Morgan fingerprint density at radius 3 is 2.63 bits per heavy atom. The number of benzene rings is 1. The number of nitrogens with zero attached hydrogens (tertiary/aromatic N) is 7. The Balaban J connectivity index is 1.37. The van der Waals surface area contributed by atoms with E-state index in [4.69, 9.17) is 14.7 Å². The fourth-order valence-corrected chi connectivity index (χ4v) is 8.65. The number of hydrogen-bond acceptors (Lipinski definition) is 8. The molecule has 0 N–H and O–H groups in total. The molecule has 0 spiro atoms. The molecule has 5 heterocycles. The minimum atomic E-state index is -0.239. The van der Waals surface area contributed by atoms with Crippen molar-refractivity contribution in [3.05, 3.63) is 76.6 Å². The summed E-state index contributed by atoms with van der Waals surface area (Å²) in [5.74, 6) is 1.46. The Morgan fingerprint density at radius 1 is 1.00 bits per heavy atom. The van der Waals surface area contributed by atoms with Gasteiger partial charge in [0.25, 0.3) is 0 Å². The molecule has 9 nitrogen and oxygen atoms in total. The van der Waals surface area contributed by atoms with Crippen molar-refractivity contribution in [2.75, 3.05) is 56.2 Å². The number of hydrogen-bond donors (Lipinski definition) is 0. The number of amides is 1. The Morgan fingerprint density at radius 2 is 1.86 bits per heavy atom. The van der Waals surface area contributed by atoms with Crippen LogP contribution in [0.5, 0.6) is 5.88 Å². The predicted octanol–water partition coefficient (Wildman–Crippen LogP) is 5.79. The second-order valence-corrected chi connectivity index (χ2v) is 14.2.